The van der Waals surface area contributed by atoms with E-state index in [0.717, 1.165) is 5.56 Å². The number of benzene rings is 1. The van der Waals surface area contributed by atoms with Crippen molar-refractivity contribution in [3.8, 4) is 0 Å². The molecule has 0 aromatic heterocycles. The van der Waals surface area contributed by atoms with E-state index < -0.39 is 35.1 Å². The van der Waals surface area contributed by atoms with Crippen LogP contribution in [0.15, 0.2) is 30.3 Å². The highest BCUT2D eigenvalue weighted by atomic mass is 16.4. The predicted molar refractivity (Wildman–Crippen MR) is 110 cm³/mol. The van der Waals surface area contributed by atoms with Crippen LogP contribution in [0.2, 0.25) is 0 Å². The van der Waals surface area contributed by atoms with Crippen molar-refractivity contribution < 1.29 is 24.6 Å². The van der Waals surface area contributed by atoms with Gasteiger partial charge in [-0.2, -0.15) is 0 Å². The van der Waals surface area contributed by atoms with Crippen LogP contribution in [0.5, 0.6) is 0 Å². The summed E-state index contributed by atoms with van der Waals surface area (Å²) < 4.78 is 0. The first kappa shape index (κ1) is 24.6. The molecule has 8 nitrogen and oxygen atoms in total. The summed E-state index contributed by atoms with van der Waals surface area (Å²) in [5.74, 6) is -3.19. The number of nitrogens with one attached hydrogen (secondary N) is 2. The molecule has 3 atom stereocenters. The second kappa shape index (κ2) is 10.4. The van der Waals surface area contributed by atoms with Crippen molar-refractivity contribution >= 4 is 17.8 Å². The van der Waals surface area contributed by atoms with Gasteiger partial charge >= 0.3 is 5.97 Å². The van der Waals surface area contributed by atoms with Crippen molar-refractivity contribution in [1.82, 2.24) is 10.6 Å². The maximum absolute atomic E-state index is 12.8. The highest BCUT2D eigenvalue weighted by Crippen LogP contribution is 2.19. The van der Waals surface area contributed by atoms with Crippen molar-refractivity contribution in [1.29, 1.82) is 0 Å². The number of hydrogen-bond donors (Lipinski definition) is 5. The molecule has 29 heavy (non-hydrogen) atoms. The number of carbonyl (C=O) groups excluding carboxylic acids is 2. The zero-order valence-electron chi connectivity index (χ0n) is 17.6. The summed E-state index contributed by atoms with van der Waals surface area (Å²) in [7, 11) is 0. The van der Waals surface area contributed by atoms with Crippen LogP contribution in [-0.4, -0.2) is 45.3 Å². The fraction of sp³-hybridized carbons (Fsp3) is 0.571. The van der Waals surface area contributed by atoms with E-state index in [1.54, 1.807) is 13.8 Å². The van der Waals surface area contributed by atoms with Crippen LogP contribution in [0.25, 0.3) is 0 Å². The molecule has 0 spiro atoms. The summed E-state index contributed by atoms with van der Waals surface area (Å²) in [6, 6.07) is 8.41. The van der Waals surface area contributed by atoms with Gasteiger partial charge in [-0.1, -0.05) is 50.6 Å². The van der Waals surface area contributed by atoms with Gasteiger partial charge in [0, 0.05) is 6.42 Å². The average Bonchev–Trinajstić information content (AvgIpc) is 2.64. The summed E-state index contributed by atoms with van der Waals surface area (Å²) in [5, 5.41) is 24.9. The second-order valence-corrected chi connectivity index (χ2v) is 7.99. The van der Waals surface area contributed by atoms with Gasteiger partial charge in [-0.05, 0) is 38.2 Å². The van der Waals surface area contributed by atoms with Gasteiger partial charge in [0.05, 0.1) is 5.54 Å². The number of aryl methyl sites for hydroxylation is 1. The number of carboxylic acid groups (broad SMARTS) is 1. The molecule has 1 aromatic rings. The Balaban J connectivity index is 2.84. The fourth-order valence-corrected chi connectivity index (χ4v) is 2.80. The van der Waals surface area contributed by atoms with Crippen LogP contribution in [0.3, 0.4) is 0 Å². The summed E-state index contributed by atoms with van der Waals surface area (Å²) >= 11 is 0. The quantitative estimate of drug-likeness (QED) is 0.349. The molecule has 0 aliphatic rings. The zero-order valence-corrected chi connectivity index (χ0v) is 17.6. The summed E-state index contributed by atoms with van der Waals surface area (Å²) in [5.41, 5.74) is 3.03. The Morgan fingerprint density at radius 3 is 2.24 bits per heavy atom. The normalized spacial score (nSPS) is 15.7. The first-order valence-corrected chi connectivity index (χ1v) is 9.82. The van der Waals surface area contributed by atoms with Gasteiger partial charge < -0.3 is 26.6 Å². The molecule has 0 aliphatic carbocycles. The lowest BCUT2D eigenvalue weighted by molar-refractivity contribution is -0.160. The maximum Gasteiger partial charge on any atom is 0.326 e. The Morgan fingerprint density at radius 1 is 1.17 bits per heavy atom. The lowest BCUT2D eigenvalue weighted by Gasteiger charge is -2.39. The second-order valence-electron chi connectivity index (χ2n) is 7.99. The smallest absolute Gasteiger partial charge is 0.326 e. The van der Waals surface area contributed by atoms with Gasteiger partial charge in [0.2, 0.25) is 11.6 Å². The van der Waals surface area contributed by atoms with E-state index in [-0.39, 0.29) is 12.3 Å². The Labute approximate surface area is 171 Å². The number of aliphatic hydroxyl groups is 1. The summed E-state index contributed by atoms with van der Waals surface area (Å²) in [6.45, 7) is 6.24. The molecule has 1 rings (SSSR count). The van der Waals surface area contributed by atoms with Gasteiger partial charge in [-0.15, -0.1) is 0 Å². The number of carboxylic acids is 1. The Kier molecular flexibility index (Phi) is 8.79. The van der Waals surface area contributed by atoms with Crippen LogP contribution in [0.4, 0.5) is 0 Å². The van der Waals surface area contributed by atoms with Crippen LogP contribution in [-0.2, 0) is 20.8 Å². The minimum atomic E-state index is -2.46. The first-order chi connectivity index (χ1) is 13.4. The van der Waals surface area contributed by atoms with Crippen LogP contribution < -0.4 is 16.4 Å². The van der Waals surface area contributed by atoms with Crippen molar-refractivity contribution in [2.24, 2.45) is 11.7 Å². The van der Waals surface area contributed by atoms with E-state index in [1.807, 2.05) is 30.3 Å². The van der Waals surface area contributed by atoms with E-state index in [2.05, 4.69) is 10.6 Å². The number of aliphatic carboxylic acids is 1. The monoisotopic (exact) mass is 407 g/mol. The van der Waals surface area contributed by atoms with Gasteiger partial charge in [0.25, 0.3) is 5.91 Å². The van der Waals surface area contributed by atoms with Gasteiger partial charge in [0.1, 0.15) is 6.04 Å². The fourth-order valence-electron chi connectivity index (χ4n) is 2.80. The lowest BCUT2D eigenvalue weighted by atomic mass is 9.89. The molecule has 0 bridgehead atoms. The molecule has 2 amide bonds. The maximum atomic E-state index is 12.8. The molecule has 0 saturated carbocycles. The number of hydrogen-bond acceptors (Lipinski definition) is 5. The lowest BCUT2D eigenvalue weighted by Crippen LogP contribution is -2.74. The number of nitrogens with two attached hydrogens (primary N) is 1. The molecule has 162 valence electrons. The highest BCUT2D eigenvalue weighted by molar-refractivity contribution is 5.93. The number of amides is 2. The molecular formula is C21H33N3O5. The Hall–Kier alpha value is -2.45. The Bertz CT molecular complexity index is 702. The summed E-state index contributed by atoms with van der Waals surface area (Å²) in [6.07, 6.45) is 1.77. The largest absolute Gasteiger partial charge is 0.480 e. The first-order valence-electron chi connectivity index (χ1n) is 9.82. The van der Waals surface area contributed by atoms with Crippen LogP contribution >= 0.6 is 0 Å². The molecule has 3 unspecified atom stereocenters. The third kappa shape index (κ3) is 6.83. The van der Waals surface area contributed by atoms with Crippen molar-refractivity contribution in [3.05, 3.63) is 35.9 Å². The third-order valence-corrected chi connectivity index (χ3v) is 5.06. The molecule has 1 aromatic carbocycles. The van der Waals surface area contributed by atoms with E-state index in [0.29, 0.717) is 19.3 Å². The van der Waals surface area contributed by atoms with E-state index in [9.17, 15) is 24.6 Å². The van der Waals surface area contributed by atoms with Crippen LogP contribution in [0, 0.1) is 5.92 Å². The zero-order chi connectivity index (χ0) is 22.2. The molecule has 0 saturated heterocycles. The summed E-state index contributed by atoms with van der Waals surface area (Å²) in [4.78, 5) is 36.6. The van der Waals surface area contributed by atoms with E-state index in [1.165, 1.54) is 13.8 Å². The predicted octanol–water partition coefficient (Wildman–Crippen LogP) is 1.17. The van der Waals surface area contributed by atoms with Gasteiger partial charge in [0.15, 0.2) is 0 Å². The van der Waals surface area contributed by atoms with Gasteiger partial charge in [-0.25, -0.2) is 4.79 Å². The molecule has 0 radical (unpaired) electrons. The molecule has 0 fully saturated rings. The number of carbonyl (C=O) groups is 3. The van der Waals surface area contributed by atoms with Crippen molar-refractivity contribution in [2.45, 2.75) is 70.7 Å². The SMILES string of the molecule is CCC(C)C(NC(=O)C(O)(NC(=O)CCCc1ccccc1)C(C)(C)N)C(=O)O. The van der Waals surface area contributed by atoms with Crippen LogP contribution in [0.1, 0.15) is 52.5 Å². The van der Waals surface area contributed by atoms with E-state index in [4.69, 9.17) is 5.73 Å². The number of rotatable bonds is 11. The minimum Gasteiger partial charge on any atom is -0.480 e. The molecule has 6 N–H and O–H groups in total. The highest BCUT2D eigenvalue weighted by Gasteiger charge is 2.50. The van der Waals surface area contributed by atoms with E-state index >= 15 is 0 Å². The van der Waals surface area contributed by atoms with Crippen molar-refractivity contribution in [2.75, 3.05) is 0 Å². The average molecular weight is 408 g/mol. The molecule has 0 heterocycles. The molecular weight excluding hydrogens is 374 g/mol. The minimum absolute atomic E-state index is 0.0777. The van der Waals surface area contributed by atoms with Gasteiger partial charge in [-0.3, -0.25) is 9.59 Å². The topological polar surface area (TPSA) is 142 Å². The third-order valence-electron chi connectivity index (χ3n) is 5.06. The standard InChI is InChI=1S/C21H33N3O5/c1-5-14(2)17(18(26)27)23-19(28)21(29,20(3,4)22)24-16(25)13-9-12-15-10-7-6-8-11-15/h6-8,10-11,14,17,29H,5,9,12-13,22H2,1-4H3,(H,23,28)(H,24,25)(H,26,27). The molecule has 0 aliphatic heterocycles. The van der Waals surface area contributed by atoms with Crippen molar-refractivity contribution in [3.63, 3.8) is 0 Å². The Morgan fingerprint density at radius 2 is 1.76 bits per heavy atom. The molecule has 8 heteroatoms.